The molecule has 1 aromatic rings. The van der Waals surface area contributed by atoms with Crippen molar-refractivity contribution in [3.63, 3.8) is 0 Å². The molecule has 69 heavy (non-hydrogen) atoms. The van der Waals surface area contributed by atoms with Crippen LogP contribution in [-0.4, -0.2) is 177 Å². The molecular weight excluding hydrogens is 893 g/mol. The minimum atomic E-state index is -1.25. The number of cyclic esters (lactones) is 1. The van der Waals surface area contributed by atoms with E-state index in [1.807, 2.05) is 39.8 Å². The van der Waals surface area contributed by atoms with Gasteiger partial charge in [0.05, 0.1) is 68.9 Å². The standard InChI is InChI=1S/C51H78N4O14/c1-10-41-35(27-64-42-19-18-40(57)49(61-8)50(42)62-9)23-30(2)16-17-39(56)31(3)24-34-20-22-63-28-38(54-66-21-12-15-36-13-11-14-37(26-52)53-36)29-65-43(25-44(58)68-41)32(4)48(34)69-51-47(60)45(55(6)7)46(59)33(5)67-51/h11,13-14,16-17,23,31-35,40-43,45-51,57,59-60H,10,12,15,18-22,24-25,27-29H2,1-9H3/b17-16+,30-23+,54-38+/t31-,32+,33-,34?,35-,40-,41-,42-,43-,45+,46-,47-,48-,49-,50+,51+/m1/s1. The van der Waals surface area contributed by atoms with Crippen molar-refractivity contribution in [1.29, 1.82) is 5.26 Å². The Kier molecular flexibility index (Phi) is 22.6. The highest BCUT2D eigenvalue weighted by atomic mass is 16.7. The van der Waals surface area contributed by atoms with Crippen LogP contribution in [-0.2, 0) is 58.7 Å². The molecule has 2 bridgehead atoms. The Labute approximate surface area is 408 Å². The maximum atomic E-state index is 14.4. The van der Waals surface area contributed by atoms with Crippen molar-refractivity contribution < 1.29 is 67.6 Å². The molecule has 2 saturated heterocycles. The fourth-order valence-corrected chi connectivity index (χ4v) is 9.98. The highest BCUT2D eigenvalue weighted by Gasteiger charge is 2.48. The topological polar surface area (TPSA) is 230 Å². The van der Waals surface area contributed by atoms with E-state index in [1.54, 1.807) is 57.3 Å². The number of carbonyl (C=O) groups is 2. The van der Waals surface area contributed by atoms with E-state index in [2.05, 4.69) is 16.2 Å². The summed E-state index contributed by atoms with van der Waals surface area (Å²) < 4.78 is 50.2. The molecule has 3 N–H and O–H groups in total. The van der Waals surface area contributed by atoms with Crippen molar-refractivity contribution in [1.82, 2.24) is 9.88 Å². The number of methoxy groups -OCH3 is 2. The SMILES string of the molecule is CC[C@H]1OC(=O)C[C@H]2OC/C(=N/OCCCc3cccc(C#N)n3)COCCC(C[C@@H](C)C(=O)/C=C/C(C)=C/[C@@H]1CO[C@@H]1CC[C@@H](O)[C@@H](OC)[C@H]1OC)[C@H](O[C@@H]1O[C@H](C)[C@@H](O)[C@H](N(C)C)[C@H]1O)[C@H]2C. The van der Waals surface area contributed by atoms with Gasteiger partial charge in [-0.05, 0) is 97.0 Å². The number of aliphatic hydroxyl groups is 3. The van der Waals surface area contributed by atoms with Crippen LogP contribution in [0.1, 0.15) is 91.0 Å². The van der Waals surface area contributed by atoms with Crippen LogP contribution in [0.5, 0.6) is 0 Å². The zero-order valence-corrected chi connectivity index (χ0v) is 42.0. The second kappa shape index (κ2) is 27.8. The number of rotatable bonds is 14. The maximum absolute atomic E-state index is 14.4. The predicted octanol–water partition coefficient (Wildman–Crippen LogP) is 4.11. The van der Waals surface area contributed by atoms with Gasteiger partial charge in [-0.3, -0.25) is 9.59 Å². The molecule has 386 valence electrons. The number of aliphatic hydroxyl groups excluding tert-OH is 3. The van der Waals surface area contributed by atoms with Gasteiger partial charge in [0.2, 0.25) is 0 Å². The average Bonchev–Trinajstić information content (AvgIpc) is 3.35. The summed E-state index contributed by atoms with van der Waals surface area (Å²) in [5.41, 5.74) is 2.35. The molecule has 3 fully saturated rings. The molecule has 16 atom stereocenters. The number of allylic oxidation sites excluding steroid dienone is 3. The highest BCUT2D eigenvalue weighted by molar-refractivity contribution is 5.91. The summed E-state index contributed by atoms with van der Waals surface area (Å²) in [6.07, 6.45) is -0.0298. The van der Waals surface area contributed by atoms with E-state index < -0.39 is 97.1 Å². The van der Waals surface area contributed by atoms with Crippen LogP contribution >= 0.6 is 0 Å². The van der Waals surface area contributed by atoms with E-state index in [4.69, 9.17) is 42.7 Å². The van der Waals surface area contributed by atoms with Gasteiger partial charge in [-0.1, -0.05) is 49.7 Å². The molecule has 0 amide bonds. The van der Waals surface area contributed by atoms with Crippen LogP contribution in [0.25, 0.3) is 0 Å². The lowest BCUT2D eigenvalue weighted by Crippen LogP contribution is -2.63. The first kappa shape index (κ1) is 56.2. The van der Waals surface area contributed by atoms with E-state index in [-0.39, 0.29) is 51.2 Å². The fourth-order valence-electron chi connectivity index (χ4n) is 9.98. The number of hydrogen-bond acceptors (Lipinski definition) is 18. The fraction of sp³-hybridized carbons (Fsp3) is 0.745. The van der Waals surface area contributed by atoms with Gasteiger partial charge in [0.1, 0.15) is 48.5 Å². The van der Waals surface area contributed by atoms with Crippen LogP contribution in [0, 0.1) is 35.0 Å². The number of nitriles is 1. The molecule has 0 radical (unpaired) electrons. The number of ether oxygens (including phenoxy) is 8. The summed E-state index contributed by atoms with van der Waals surface area (Å²) in [4.78, 5) is 40.3. The number of fused-ring (bicyclic) bond motifs is 3. The van der Waals surface area contributed by atoms with Gasteiger partial charge in [0, 0.05) is 44.3 Å². The zero-order chi connectivity index (χ0) is 50.2. The Bertz CT molecular complexity index is 1910. The number of nitrogens with zero attached hydrogens (tertiary/aromatic N) is 4. The Morgan fingerprint density at radius 2 is 1.75 bits per heavy atom. The molecule has 4 heterocycles. The quantitative estimate of drug-likeness (QED) is 0.135. The third kappa shape index (κ3) is 15.9. The number of pyridine rings is 1. The number of likely N-dealkylation sites (N-methyl/N-ethyl adjacent to an activating group) is 1. The normalized spacial score (nSPS) is 37.6. The van der Waals surface area contributed by atoms with Crippen molar-refractivity contribution in [2.24, 2.45) is 28.8 Å². The maximum Gasteiger partial charge on any atom is 0.308 e. The molecule has 5 rings (SSSR count). The van der Waals surface area contributed by atoms with Gasteiger partial charge in [0.15, 0.2) is 12.1 Å². The Hall–Kier alpha value is -3.71. The smallest absolute Gasteiger partial charge is 0.308 e. The molecule has 18 heteroatoms. The third-order valence-corrected chi connectivity index (χ3v) is 13.9. The Balaban J connectivity index is 1.47. The van der Waals surface area contributed by atoms with Gasteiger partial charge in [-0.15, -0.1) is 0 Å². The summed E-state index contributed by atoms with van der Waals surface area (Å²) >= 11 is 0. The van der Waals surface area contributed by atoms with Crippen molar-refractivity contribution in [2.75, 3.05) is 61.3 Å². The second-order valence-electron chi connectivity index (χ2n) is 19.3. The minimum Gasteiger partial charge on any atom is -0.462 e. The number of esters is 1. The van der Waals surface area contributed by atoms with Crippen molar-refractivity contribution in [2.45, 2.75) is 159 Å². The average molecular weight is 971 g/mol. The highest BCUT2D eigenvalue weighted by Crippen LogP contribution is 2.36. The minimum absolute atomic E-state index is 0.0611. The second-order valence-corrected chi connectivity index (χ2v) is 19.3. The molecule has 3 aliphatic heterocycles. The van der Waals surface area contributed by atoms with Crippen molar-refractivity contribution in [3.8, 4) is 6.07 Å². The van der Waals surface area contributed by atoms with Crippen LogP contribution in [0.2, 0.25) is 0 Å². The first-order chi connectivity index (χ1) is 33.1. The van der Waals surface area contributed by atoms with Crippen LogP contribution in [0.4, 0.5) is 0 Å². The summed E-state index contributed by atoms with van der Waals surface area (Å²) in [7, 11) is 6.64. The molecule has 1 aromatic heterocycles. The summed E-state index contributed by atoms with van der Waals surface area (Å²) in [5.74, 6) is -2.45. The van der Waals surface area contributed by atoms with Gasteiger partial charge < -0.3 is 63.0 Å². The summed E-state index contributed by atoms with van der Waals surface area (Å²) in [6, 6.07) is 6.66. The van der Waals surface area contributed by atoms with E-state index in [1.165, 1.54) is 7.11 Å². The largest absolute Gasteiger partial charge is 0.462 e. The summed E-state index contributed by atoms with van der Waals surface area (Å²) in [6.45, 7) is 10.0. The van der Waals surface area contributed by atoms with E-state index in [0.717, 1.165) is 11.3 Å². The Morgan fingerprint density at radius 1 is 0.986 bits per heavy atom. The monoisotopic (exact) mass is 971 g/mol. The number of ketones is 1. The first-order valence-corrected chi connectivity index (χ1v) is 24.6. The van der Waals surface area contributed by atoms with Crippen LogP contribution < -0.4 is 0 Å². The molecule has 0 spiro atoms. The zero-order valence-electron chi connectivity index (χ0n) is 42.0. The lowest BCUT2D eigenvalue weighted by molar-refractivity contribution is -0.305. The summed E-state index contributed by atoms with van der Waals surface area (Å²) in [5, 5.41) is 47.1. The van der Waals surface area contributed by atoms with Crippen LogP contribution in [0.3, 0.4) is 0 Å². The molecule has 0 aromatic carbocycles. The molecule has 1 saturated carbocycles. The van der Waals surface area contributed by atoms with E-state index in [9.17, 15) is 30.2 Å². The first-order valence-electron chi connectivity index (χ1n) is 24.6. The molecular formula is C51H78N4O14. The number of carbonyl (C=O) groups excluding carboxylic acids is 2. The van der Waals surface area contributed by atoms with Gasteiger partial charge in [0.25, 0.3) is 0 Å². The van der Waals surface area contributed by atoms with Gasteiger partial charge >= 0.3 is 5.97 Å². The molecule has 1 aliphatic carbocycles. The number of aromatic nitrogens is 1. The number of hydrogen-bond donors (Lipinski definition) is 3. The third-order valence-electron chi connectivity index (χ3n) is 13.9. The van der Waals surface area contributed by atoms with Crippen LogP contribution in [0.15, 0.2) is 47.2 Å². The Morgan fingerprint density at radius 3 is 2.46 bits per heavy atom. The number of aryl methyl sites for hydroxylation is 1. The van der Waals surface area contributed by atoms with Crippen molar-refractivity contribution >= 4 is 17.5 Å². The van der Waals surface area contributed by atoms with E-state index in [0.29, 0.717) is 56.4 Å². The lowest BCUT2D eigenvalue weighted by Gasteiger charge is -2.47. The van der Waals surface area contributed by atoms with E-state index >= 15 is 0 Å². The number of oxime groups is 1. The van der Waals surface area contributed by atoms with Gasteiger partial charge in [-0.2, -0.15) is 5.26 Å². The predicted molar refractivity (Wildman–Crippen MR) is 254 cm³/mol. The van der Waals surface area contributed by atoms with Crippen molar-refractivity contribution in [3.05, 3.63) is 53.4 Å². The molecule has 18 nitrogen and oxygen atoms in total. The molecule has 1 unspecified atom stereocenters. The van der Waals surface area contributed by atoms with Gasteiger partial charge in [-0.25, -0.2) is 4.98 Å². The molecule has 4 aliphatic rings. The lowest BCUT2D eigenvalue weighted by atomic mass is 9.79.